The van der Waals surface area contributed by atoms with Crippen molar-refractivity contribution in [2.45, 2.75) is 44.1 Å². The summed E-state index contributed by atoms with van der Waals surface area (Å²) < 4.78 is 14.4. The van der Waals surface area contributed by atoms with E-state index < -0.39 is 42.8 Å². The molecule has 0 unspecified atom stereocenters. The van der Waals surface area contributed by atoms with Crippen molar-refractivity contribution in [3.05, 3.63) is 0 Å². The molecule has 0 radical (unpaired) electrons. The van der Waals surface area contributed by atoms with Gasteiger partial charge in [0.2, 0.25) is 0 Å². The summed E-state index contributed by atoms with van der Waals surface area (Å²) in [6.45, 7) is -0.711. The summed E-state index contributed by atoms with van der Waals surface area (Å²) in [5.41, 5.74) is -2.05. The van der Waals surface area contributed by atoms with E-state index in [1.54, 1.807) is 0 Å². The van der Waals surface area contributed by atoms with E-state index in [1.165, 1.54) is 0 Å². The van der Waals surface area contributed by atoms with Crippen LogP contribution in [0.4, 0.5) is 0 Å². The van der Waals surface area contributed by atoms with Crippen molar-refractivity contribution < 1.29 is 49.0 Å². The monoisotopic (exact) mass is 380 g/mol. The van der Waals surface area contributed by atoms with E-state index in [0.717, 1.165) is 0 Å². The summed E-state index contributed by atoms with van der Waals surface area (Å²) in [5, 5.41) is 36.5. The Labute approximate surface area is 151 Å². The number of hydrogen-bond donors (Lipinski definition) is 4. The molecule has 0 saturated carbocycles. The number of carbonyl (C=O) groups excluding carboxylic acids is 3. The van der Waals surface area contributed by atoms with Crippen LogP contribution in [0, 0.1) is 0 Å². The summed E-state index contributed by atoms with van der Waals surface area (Å²) in [6, 6.07) is 0. The summed E-state index contributed by atoms with van der Waals surface area (Å²) in [7, 11) is 0. The van der Waals surface area contributed by atoms with E-state index in [9.17, 15) is 19.5 Å². The number of esters is 3. The van der Waals surface area contributed by atoms with Gasteiger partial charge in [-0.25, -0.2) is 0 Å². The van der Waals surface area contributed by atoms with Crippen LogP contribution in [0.1, 0.15) is 38.5 Å². The van der Waals surface area contributed by atoms with Gasteiger partial charge in [0, 0.05) is 39.1 Å². The first-order valence-electron chi connectivity index (χ1n) is 8.38. The Bertz CT molecular complexity index is 363. The van der Waals surface area contributed by atoms with Crippen molar-refractivity contribution in [3.8, 4) is 0 Å². The molecule has 0 aromatic rings. The zero-order valence-corrected chi connectivity index (χ0v) is 14.7. The van der Waals surface area contributed by atoms with Gasteiger partial charge in [0.05, 0.1) is 44.7 Å². The van der Waals surface area contributed by atoms with Crippen LogP contribution in [0.15, 0.2) is 0 Å². The summed E-state index contributed by atoms with van der Waals surface area (Å²) in [5.74, 6) is -2.52. The summed E-state index contributed by atoms with van der Waals surface area (Å²) in [6.07, 6.45) is -1.25. The molecule has 152 valence electrons. The first-order chi connectivity index (χ1) is 12.4. The predicted molar refractivity (Wildman–Crippen MR) is 86.8 cm³/mol. The van der Waals surface area contributed by atoms with Crippen LogP contribution in [-0.2, 0) is 28.6 Å². The average Bonchev–Trinajstić information content (AvgIpc) is 2.55. The molecule has 10 nitrogen and oxygen atoms in total. The SMILES string of the molecule is O=C(CC(O)(CC(=O)OCCCO)CC(=O)OCCCO)OCCCO. The van der Waals surface area contributed by atoms with Crippen LogP contribution >= 0.6 is 0 Å². The van der Waals surface area contributed by atoms with Crippen molar-refractivity contribution in [2.75, 3.05) is 39.6 Å². The number of aliphatic hydroxyl groups excluding tert-OH is 3. The molecule has 0 fully saturated rings. The highest BCUT2D eigenvalue weighted by Crippen LogP contribution is 2.23. The number of ether oxygens (including phenoxy) is 3. The minimum atomic E-state index is -2.05. The second kappa shape index (κ2) is 14.4. The fourth-order valence-corrected chi connectivity index (χ4v) is 1.90. The Balaban J connectivity index is 4.74. The van der Waals surface area contributed by atoms with Crippen molar-refractivity contribution in [3.63, 3.8) is 0 Å². The van der Waals surface area contributed by atoms with E-state index >= 15 is 0 Å². The third-order valence-corrected chi connectivity index (χ3v) is 3.12. The fourth-order valence-electron chi connectivity index (χ4n) is 1.90. The molecule has 0 aliphatic rings. The Kier molecular flexibility index (Phi) is 13.5. The molecular formula is C16H28O10. The number of rotatable bonds is 15. The highest BCUT2D eigenvalue weighted by molar-refractivity contribution is 5.78. The second-order valence-corrected chi connectivity index (χ2v) is 5.65. The minimum absolute atomic E-state index is 0.0622. The molecule has 0 heterocycles. The van der Waals surface area contributed by atoms with Crippen LogP contribution < -0.4 is 0 Å². The normalized spacial score (nSPS) is 11.1. The predicted octanol–water partition coefficient (Wildman–Crippen LogP) is -1.34. The molecule has 10 heteroatoms. The number of carbonyl (C=O) groups is 3. The Hall–Kier alpha value is -1.75. The van der Waals surface area contributed by atoms with Gasteiger partial charge >= 0.3 is 17.9 Å². The van der Waals surface area contributed by atoms with E-state index in [4.69, 9.17) is 29.5 Å². The minimum Gasteiger partial charge on any atom is -0.466 e. The molecule has 4 N–H and O–H groups in total. The molecule has 0 saturated heterocycles. The van der Waals surface area contributed by atoms with Crippen LogP contribution in [0.2, 0.25) is 0 Å². The van der Waals surface area contributed by atoms with Gasteiger partial charge in [0.1, 0.15) is 0 Å². The van der Waals surface area contributed by atoms with Gasteiger partial charge in [0.25, 0.3) is 0 Å². The topological polar surface area (TPSA) is 160 Å². The van der Waals surface area contributed by atoms with E-state index in [-0.39, 0.29) is 58.9 Å². The molecule has 0 spiro atoms. The van der Waals surface area contributed by atoms with Crippen molar-refractivity contribution in [2.24, 2.45) is 0 Å². The van der Waals surface area contributed by atoms with Gasteiger partial charge in [-0.3, -0.25) is 14.4 Å². The standard InChI is InChI=1S/C16H28O10/c17-4-1-7-24-13(20)10-16(23,11-14(21)25-8-2-5-18)12-15(22)26-9-3-6-19/h17-19,23H,1-12H2. The first kappa shape index (κ1) is 24.2. The third kappa shape index (κ3) is 12.6. The van der Waals surface area contributed by atoms with Gasteiger partial charge in [0.15, 0.2) is 0 Å². The van der Waals surface area contributed by atoms with E-state index in [0.29, 0.717) is 0 Å². The quantitative estimate of drug-likeness (QED) is 0.152. The van der Waals surface area contributed by atoms with Crippen molar-refractivity contribution >= 4 is 17.9 Å². The number of aliphatic hydroxyl groups is 4. The molecule has 0 aromatic heterocycles. The average molecular weight is 380 g/mol. The van der Waals surface area contributed by atoms with Gasteiger partial charge in [-0.1, -0.05) is 0 Å². The van der Waals surface area contributed by atoms with Crippen molar-refractivity contribution in [1.82, 2.24) is 0 Å². The second-order valence-electron chi connectivity index (χ2n) is 5.65. The zero-order valence-electron chi connectivity index (χ0n) is 14.7. The molecular weight excluding hydrogens is 352 g/mol. The van der Waals surface area contributed by atoms with Crippen LogP contribution in [0.3, 0.4) is 0 Å². The molecule has 0 aromatic carbocycles. The highest BCUT2D eigenvalue weighted by Gasteiger charge is 2.37. The molecule has 26 heavy (non-hydrogen) atoms. The summed E-state index contributed by atoms with van der Waals surface area (Å²) in [4.78, 5) is 35.3. The van der Waals surface area contributed by atoms with Gasteiger partial charge < -0.3 is 34.6 Å². The summed E-state index contributed by atoms with van der Waals surface area (Å²) >= 11 is 0. The maximum Gasteiger partial charge on any atom is 0.308 e. The molecule has 0 atom stereocenters. The molecule has 0 bridgehead atoms. The lowest BCUT2D eigenvalue weighted by atomic mass is 9.91. The smallest absolute Gasteiger partial charge is 0.308 e. The molecule has 0 amide bonds. The fraction of sp³-hybridized carbons (Fsp3) is 0.812. The number of hydrogen-bond acceptors (Lipinski definition) is 10. The first-order valence-corrected chi connectivity index (χ1v) is 8.38. The van der Waals surface area contributed by atoms with E-state index in [2.05, 4.69) is 0 Å². The Morgan fingerprint density at radius 1 is 0.615 bits per heavy atom. The van der Waals surface area contributed by atoms with Crippen LogP contribution in [-0.4, -0.2) is 83.6 Å². The molecule has 0 rings (SSSR count). The van der Waals surface area contributed by atoms with Crippen LogP contribution in [0.25, 0.3) is 0 Å². The van der Waals surface area contributed by atoms with Crippen LogP contribution in [0.5, 0.6) is 0 Å². The lowest BCUT2D eigenvalue weighted by Crippen LogP contribution is -2.38. The van der Waals surface area contributed by atoms with Crippen molar-refractivity contribution in [1.29, 1.82) is 0 Å². The third-order valence-electron chi connectivity index (χ3n) is 3.12. The molecule has 0 aliphatic carbocycles. The maximum absolute atomic E-state index is 11.8. The Morgan fingerprint density at radius 2 is 0.885 bits per heavy atom. The zero-order chi connectivity index (χ0) is 19.8. The largest absolute Gasteiger partial charge is 0.466 e. The van der Waals surface area contributed by atoms with Gasteiger partial charge in [-0.05, 0) is 0 Å². The lowest BCUT2D eigenvalue weighted by molar-refractivity contribution is -0.161. The van der Waals surface area contributed by atoms with Gasteiger partial charge in [-0.15, -0.1) is 0 Å². The van der Waals surface area contributed by atoms with Gasteiger partial charge in [-0.2, -0.15) is 0 Å². The lowest BCUT2D eigenvalue weighted by Gasteiger charge is -2.25. The maximum atomic E-state index is 11.8. The molecule has 0 aliphatic heterocycles. The highest BCUT2D eigenvalue weighted by atomic mass is 16.5. The Morgan fingerprint density at radius 3 is 1.12 bits per heavy atom. The van der Waals surface area contributed by atoms with E-state index in [1.807, 2.05) is 0 Å².